The molecule has 1 aromatic heterocycles. The maximum absolute atomic E-state index is 10.8. The number of nitrogens with zero attached hydrogens (tertiary/aromatic N) is 3. The Morgan fingerprint density at radius 2 is 2.33 bits per heavy atom. The summed E-state index contributed by atoms with van der Waals surface area (Å²) in [7, 11) is 0. The van der Waals surface area contributed by atoms with Gasteiger partial charge in [-0.15, -0.1) is 0 Å². The molecule has 6 heteroatoms. The highest BCUT2D eigenvalue weighted by Crippen LogP contribution is 2.30. The Bertz CT molecular complexity index is 532. The zero-order valence-electron chi connectivity index (χ0n) is 8.17. The van der Waals surface area contributed by atoms with Crippen LogP contribution in [0, 0.1) is 10.1 Å². The second kappa shape index (κ2) is 3.23. The number of hydrogen-bond acceptors (Lipinski definition) is 4. The SMILES string of the molecule is CCn1cnc2c([N+](=O)[O-])c(N)ccc21. The number of anilines is 1. The van der Waals surface area contributed by atoms with E-state index >= 15 is 0 Å². The van der Waals surface area contributed by atoms with Gasteiger partial charge in [-0.05, 0) is 19.1 Å². The Hall–Kier alpha value is -2.11. The van der Waals surface area contributed by atoms with Crippen LogP contribution in [0.15, 0.2) is 18.5 Å². The van der Waals surface area contributed by atoms with E-state index in [-0.39, 0.29) is 11.4 Å². The van der Waals surface area contributed by atoms with Crippen LogP contribution >= 0.6 is 0 Å². The molecule has 0 saturated heterocycles. The van der Waals surface area contributed by atoms with Crippen LogP contribution in [-0.2, 0) is 6.54 Å². The van der Waals surface area contributed by atoms with E-state index in [2.05, 4.69) is 4.98 Å². The second-order valence-electron chi connectivity index (χ2n) is 3.16. The minimum atomic E-state index is -0.495. The number of benzene rings is 1. The zero-order chi connectivity index (χ0) is 11.0. The van der Waals surface area contributed by atoms with E-state index in [1.807, 2.05) is 11.5 Å². The fraction of sp³-hybridized carbons (Fsp3) is 0.222. The summed E-state index contributed by atoms with van der Waals surface area (Å²) in [5.41, 5.74) is 6.67. The number of hydrogen-bond donors (Lipinski definition) is 1. The lowest BCUT2D eigenvalue weighted by molar-refractivity contribution is -0.382. The van der Waals surface area contributed by atoms with Gasteiger partial charge in [-0.3, -0.25) is 10.1 Å². The van der Waals surface area contributed by atoms with Crippen molar-refractivity contribution < 1.29 is 4.92 Å². The van der Waals surface area contributed by atoms with E-state index in [1.54, 1.807) is 12.4 Å². The molecule has 0 amide bonds. The van der Waals surface area contributed by atoms with E-state index in [1.165, 1.54) is 6.07 Å². The lowest BCUT2D eigenvalue weighted by Crippen LogP contribution is -1.97. The number of aryl methyl sites for hydroxylation is 1. The minimum absolute atomic E-state index is 0.111. The summed E-state index contributed by atoms with van der Waals surface area (Å²) in [6.45, 7) is 2.67. The highest BCUT2D eigenvalue weighted by molar-refractivity contribution is 5.91. The summed E-state index contributed by atoms with van der Waals surface area (Å²) in [4.78, 5) is 14.3. The standard InChI is InChI=1S/C9H10N4O2/c1-2-12-5-11-8-7(12)4-3-6(10)9(8)13(14)15/h3-5H,2,10H2,1H3. The molecule has 0 saturated carbocycles. The molecule has 0 unspecified atom stereocenters. The smallest absolute Gasteiger partial charge is 0.319 e. The third-order valence-electron chi connectivity index (χ3n) is 2.32. The molecule has 0 spiro atoms. The molecule has 78 valence electrons. The normalized spacial score (nSPS) is 10.7. The van der Waals surface area contributed by atoms with Gasteiger partial charge in [-0.2, -0.15) is 0 Å². The van der Waals surface area contributed by atoms with Gasteiger partial charge in [0.15, 0.2) is 5.52 Å². The zero-order valence-corrected chi connectivity index (χ0v) is 8.17. The number of fused-ring (bicyclic) bond motifs is 1. The van der Waals surface area contributed by atoms with Crippen LogP contribution in [0.2, 0.25) is 0 Å². The van der Waals surface area contributed by atoms with Crippen LogP contribution in [0.4, 0.5) is 11.4 Å². The molecule has 2 aromatic rings. The molecule has 6 nitrogen and oxygen atoms in total. The molecule has 0 bridgehead atoms. The maximum Gasteiger partial charge on any atom is 0.319 e. The van der Waals surface area contributed by atoms with Crippen LogP contribution in [0.3, 0.4) is 0 Å². The van der Waals surface area contributed by atoms with E-state index in [4.69, 9.17) is 5.73 Å². The summed E-state index contributed by atoms with van der Waals surface area (Å²) >= 11 is 0. The average molecular weight is 206 g/mol. The number of nitro benzene ring substituents is 1. The lowest BCUT2D eigenvalue weighted by Gasteiger charge is -2.00. The first kappa shape index (κ1) is 9.45. The first-order valence-corrected chi connectivity index (χ1v) is 4.53. The molecule has 0 fully saturated rings. The van der Waals surface area contributed by atoms with E-state index in [0.29, 0.717) is 5.52 Å². The van der Waals surface area contributed by atoms with E-state index in [9.17, 15) is 10.1 Å². The number of rotatable bonds is 2. The van der Waals surface area contributed by atoms with Gasteiger partial charge in [0, 0.05) is 6.54 Å². The minimum Gasteiger partial charge on any atom is -0.393 e. The predicted octanol–water partition coefficient (Wildman–Crippen LogP) is 1.55. The molecule has 0 aliphatic heterocycles. The summed E-state index contributed by atoms with van der Waals surface area (Å²) in [5, 5.41) is 10.8. The number of nitrogens with two attached hydrogens (primary N) is 1. The molecule has 1 aromatic carbocycles. The van der Waals surface area contributed by atoms with E-state index < -0.39 is 4.92 Å². The molecule has 0 atom stereocenters. The van der Waals surface area contributed by atoms with Crippen molar-refractivity contribution in [3.63, 3.8) is 0 Å². The highest BCUT2D eigenvalue weighted by atomic mass is 16.6. The van der Waals surface area contributed by atoms with Crippen molar-refractivity contribution in [1.29, 1.82) is 0 Å². The third kappa shape index (κ3) is 1.30. The summed E-state index contributed by atoms with van der Waals surface area (Å²) < 4.78 is 1.84. The summed E-state index contributed by atoms with van der Waals surface area (Å²) in [6, 6.07) is 3.28. The topological polar surface area (TPSA) is 87.0 Å². The van der Waals surface area contributed by atoms with Crippen molar-refractivity contribution in [3.8, 4) is 0 Å². The van der Waals surface area contributed by atoms with Crippen molar-refractivity contribution in [2.24, 2.45) is 0 Å². The van der Waals surface area contributed by atoms with Crippen molar-refractivity contribution >= 4 is 22.4 Å². The maximum atomic E-state index is 10.8. The summed E-state index contributed by atoms with van der Waals surface area (Å²) in [5.74, 6) is 0. The third-order valence-corrected chi connectivity index (χ3v) is 2.32. The molecule has 0 aliphatic rings. The van der Waals surface area contributed by atoms with Gasteiger partial charge in [-0.1, -0.05) is 0 Å². The van der Waals surface area contributed by atoms with Gasteiger partial charge in [0.2, 0.25) is 0 Å². The Morgan fingerprint density at radius 3 is 2.93 bits per heavy atom. The van der Waals surface area contributed by atoms with Crippen LogP contribution in [-0.4, -0.2) is 14.5 Å². The molecule has 15 heavy (non-hydrogen) atoms. The van der Waals surface area contributed by atoms with Gasteiger partial charge in [0.25, 0.3) is 0 Å². The summed E-state index contributed by atoms with van der Waals surface area (Å²) in [6.07, 6.45) is 1.58. The molecule has 2 rings (SSSR count). The molecule has 0 aliphatic carbocycles. The molecule has 2 N–H and O–H groups in total. The molecular weight excluding hydrogens is 196 g/mol. The van der Waals surface area contributed by atoms with Gasteiger partial charge in [0.1, 0.15) is 5.69 Å². The first-order valence-electron chi connectivity index (χ1n) is 4.53. The number of nitro groups is 1. The van der Waals surface area contributed by atoms with Gasteiger partial charge >= 0.3 is 5.69 Å². The van der Waals surface area contributed by atoms with Gasteiger partial charge < -0.3 is 10.3 Å². The Morgan fingerprint density at radius 1 is 1.60 bits per heavy atom. The van der Waals surface area contributed by atoms with Gasteiger partial charge in [-0.25, -0.2) is 4.98 Å². The van der Waals surface area contributed by atoms with Crippen LogP contribution in [0.5, 0.6) is 0 Å². The van der Waals surface area contributed by atoms with Crippen molar-refractivity contribution in [3.05, 3.63) is 28.6 Å². The van der Waals surface area contributed by atoms with Crippen LogP contribution in [0.25, 0.3) is 11.0 Å². The van der Waals surface area contributed by atoms with Crippen LogP contribution in [0.1, 0.15) is 6.92 Å². The first-order chi connectivity index (χ1) is 7.15. The monoisotopic (exact) mass is 206 g/mol. The number of aromatic nitrogens is 2. The quantitative estimate of drug-likeness (QED) is 0.458. The fourth-order valence-electron chi connectivity index (χ4n) is 1.58. The second-order valence-corrected chi connectivity index (χ2v) is 3.16. The largest absolute Gasteiger partial charge is 0.393 e. The number of nitrogen functional groups attached to an aromatic ring is 1. The van der Waals surface area contributed by atoms with E-state index in [0.717, 1.165) is 12.1 Å². The molecular formula is C9H10N4O2. The van der Waals surface area contributed by atoms with Gasteiger partial charge in [0.05, 0.1) is 16.8 Å². The molecule has 1 heterocycles. The van der Waals surface area contributed by atoms with Crippen molar-refractivity contribution in [1.82, 2.24) is 9.55 Å². The Balaban J connectivity index is 2.83. The Kier molecular flexibility index (Phi) is 2.03. The molecule has 0 radical (unpaired) electrons. The highest BCUT2D eigenvalue weighted by Gasteiger charge is 2.19. The van der Waals surface area contributed by atoms with Crippen molar-refractivity contribution in [2.45, 2.75) is 13.5 Å². The number of imidazole rings is 1. The fourth-order valence-corrected chi connectivity index (χ4v) is 1.58. The van der Waals surface area contributed by atoms with Crippen molar-refractivity contribution in [2.75, 3.05) is 5.73 Å². The average Bonchev–Trinajstić information content (AvgIpc) is 2.59. The lowest BCUT2D eigenvalue weighted by atomic mass is 10.2. The Labute approximate surface area is 85.5 Å². The van der Waals surface area contributed by atoms with Crippen LogP contribution < -0.4 is 5.73 Å². The predicted molar refractivity (Wildman–Crippen MR) is 56.5 cm³/mol.